The van der Waals surface area contributed by atoms with E-state index in [0.717, 1.165) is 25.3 Å². The van der Waals surface area contributed by atoms with Crippen LogP contribution in [0.3, 0.4) is 0 Å². The molecule has 0 spiro atoms. The number of ether oxygens (including phenoxy) is 1. The zero-order valence-corrected chi connectivity index (χ0v) is 18.3. The van der Waals surface area contributed by atoms with Crippen molar-refractivity contribution in [2.24, 2.45) is 17.8 Å². The lowest BCUT2D eigenvalue weighted by Crippen LogP contribution is -2.61. The molecule has 9 heteroatoms. The Hall–Kier alpha value is -3.36. The van der Waals surface area contributed by atoms with Crippen LogP contribution in [0.2, 0.25) is 0 Å². The van der Waals surface area contributed by atoms with Gasteiger partial charge in [0.05, 0.1) is 23.3 Å². The SMILES string of the molecule is Nc1ccc(C(=O)OCC(=O)N(Cc2ccco2)C23CC4CC(CC(C4)C2)C3)cc1[N+](=O)[O-]. The van der Waals surface area contributed by atoms with E-state index in [1.165, 1.54) is 31.4 Å². The number of amides is 1. The fraction of sp³-hybridized carbons (Fsp3) is 0.500. The number of carbonyl (C=O) groups excluding carboxylic acids is 2. The Kier molecular flexibility index (Phi) is 5.34. The highest BCUT2D eigenvalue weighted by Gasteiger charge is 2.54. The summed E-state index contributed by atoms with van der Waals surface area (Å²) in [4.78, 5) is 38.3. The van der Waals surface area contributed by atoms with Crippen LogP contribution in [0.5, 0.6) is 0 Å². The average molecular weight is 453 g/mol. The van der Waals surface area contributed by atoms with Gasteiger partial charge in [-0.3, -0.25) is 14.9 Å². The molecule has 9 nitrogen and oxygen atoms in total. The molecule has 2 N–H and O–H groups in total. The zero-order chi connectivity index (χ0) is 23.2. The maximum Gasteiger partial charge on any atom is 0.338 e. The highest BCUT2D eigenvalue weighted by atomic mass is 16.6. The van der Waals surface area contributed by atoms with E-state index in [1.807, 2.05) is 11.0 Å². The molecule has 0 atom stereocenters. The molecule has 4 aliphatic carbocycles. The van der Waals surface area contributed by atoms with Crippen molar-refractivity contribution >= 4 is 23.3 Å². The number of esters is 1. The minimum Gasteiger partial charge on any atom is -0.467 e. The molecule has 0 unspecified atom stereocenters. The van der Waals surface area contributed by atoms with Gasteiger partial charge in [0.2, 0.25) is 0 Å². The first-order valence-corrected chi connectivity index (χ1v) is 11.4. The standard InChI is InChI=1S/C24H27N3O6/c25-20-4-3-18(9-21(20)27(30)31)23(29)33-14-22(28)26(13-19-2-1-5-32-19)24-10-15-6-16(11-24)8-17(7-15)12-24/h1-5,9,15-17H,6-8,10-14,25H2. The maximum absolute atomic E-state index is 13.4. The molecule has 4 bridgehead atoms. The molecule has 1 aromatic heterocycles. The molecular formula is C24H27N3O6. The second kappa shape index (κ2) is 8.20. The van der Waals surface area contributed by atoms with Crippen LogP contribution < -0.4 is 5.73 Å². The molecule has 6 rings (SSSR count). The molecule has 4 fully saturated rings. The van der Waals surface area contributed by atoms with E-state index in [-0.39, 0.29) is 28.4 Å². The third-order valence-electron chi connectivity index (χ3n) is 7.56. The summed E-state index contributed by atoms with van der Waals surface area (Å²) in [6, 6.07) is 7.36. The van der Waals surface area contributed by atoms with Crippen LogP contribution in [0.4, 0.5) is 11.4 Å². The van der Waals surface area contributed by atoms with E-state index in [4.69, 9.17) is 14.9 Å². The van der Waals surface area contributed by atoms with Crippen molar-refractivity contribution in [1.29, 1.82) is 0 Å². The van der Waals surface area contributed by atoms with Crippen LogP contribution in [0, 0.1) is 27.9 Å². The summed E-state index contributed by atoms with van der Waals surface area (Å²) < 4.78 is 10.8. The average Bonchev–Trinajstić information content (AvgIpc) is 3.28. The largest absolute Gasteiger partial charge is 0.467 e. The highest BCUT2D eigenvalue weighted by Crippen LogP contribution is 2.58. The smallest absolute Gasteiger partial charge is 0.338 e. The van der Waals surface area contributed by atoms with Gasteiger partial charge in [0.1, 0.15) is 11.4 Å². The Labute approximate surface area is 191 Å². The first kappa shape index (κ1) is 21.5. The topological polar surface area (TPSA) is 129 Å². The second-order valence-electron chi connectivity index (χ2n) is 9.81. The van der Waals surface area contributed by atoms with Crippen molar-refractivity contribution in [2.45, 2.75) is 50.6 Å². The van der Waals surface area contributed by atoms with E-state index < -0.39 is 17.5 Å². The molecule has 33 heavy (non-hydrogen) atoms. The van der Waals surface area contributed by atoms with Gasteiger partial charge >= 0.3 is 5.97 Å². The van der Waals surface area contributed by atoms with E-state index >= 15 is 0 Å². The minimum atomic E-state index is -0.796. The number of carbonyl (C=O) groups is 2. The Bertz CT molecular complexity index is 1040. The number of hydrogen-bond donors (Lipinski definition) is 1. The third-order valence-corrected chi connectivity index (χ3v) is 7.56. The van der Waals surface area contributed by atoms with Crippen LogP contribution in [0.25, 0.3) is 0 Å². The van der Waals surface area contributed by atoms with Crippen molar-refractivity contribution in [3.63, 3.8) is 0 Å². The number of nitro benzene ring substituents is 1. The molecule has 4 saturated carbocycles. The number of nitro groups is 1. The summed E-state index contributed by atoms with van der Waals surface area (Å²) in [6.45, 7) is -0.0949. The number of nitrogens with two attached hydrogens (primary N) is 1. The molecule has 174 valence electrons. The predicted octanol–water partition coefficient (Wildman–Crippen LogP) is 3.92. The van der Waals surface area contributed by atoms with Crippen LogP contribution in [-0.4, -0.2) is 33.8 Å². The van der Waals surface area contributed by atoms with Crippen molar-refractivity contribution in [1.82, 2.24) is 4.90 Å². The van der Waals surface area contributed by atoms with E-state index in [1.54, 1.807) is 12.3 Å². The Balaban J connectivity index is 1.33. The maximum atomic E-state index is 13.4. The summed E-state index contributed by atoms with van der Waals surface area (Å²) in [6.07, 6.45) is 8.25. The minimum absolute atomic E-state index is 0.0175. The number of rotatable bonds is 7. The number of benzene rings is 1. The Morgan fingerprint density at radius 1 is 1.15 bits per heavy atom. The molecule has 2 aromatic rings. The predicted molar refractivity (Wildman–Crippen MR) is 118 cm³/mol. The summed E-state index contributed by atoms with van der Waals surface area (Å²) in [7, 11) is 0. The van der Waals surface area contributed by atoms with Gasteiger partial charge in [0, 0.05) is 11.6 Å². The number of nitrogens with zero attached hydrogens (tertiary/aromatic N) is 2. The Morgan fingerprint density at radius 3 is 2.39 bits per heavy atom. The molecule has 0 aliphatic heterocycles. The number of furan rings is 1. The molecule has 1 aromatic carbocycles. The summed E-state index contributed by atoms with van der Waals surface area (Å²) >= 11 is 0. The second-order valence-corrected chi connectivity index (χ2v) is 9.81. The van der Waals surface area contributed by atoms with Crippen molar-refractivity contribution in [2.75, 3.05) is 12.3 Å². The zero-order valence-electron chi connectivity index (χ0n) is 18.3. The Morgan fingerprint density at radius 2 is 1.82 bits per heavy atom. The van der Waals surface area contributed by atoms with Crippen molar-refractivity contribution in [3.8, 4) is 0 Å². The van der Waals surface area contributed by atoms with Gasteiger partial charge in [-0.15, -0.1) is 0 Å². The van der Waals surface area contributed by atoms with Gasteiger partial charge in [-0.1, -0.05) is 0 Å². The van der Waals surface area contributed by atoms with Gasteiger partial charge in [0.25, 0.3) is 11.6 Å². The molecule has 4 aliphatic rings. The molecule has 0 saturated heterocycles. The third kappa shape index (κ3) is 4.07. The van der Waals surface area contributed by atoms with Crippen molar-refractivity contribution in [3.05, 3.63) is 58.0 Å². The lowest BCUT2D eigenvalue weighted by Gasteiger charge is -2.60. The van der Waals surface area contributed by atoms with E-state index in [9.17, 15) is 19.7 Å². The van der Waals surface area contributed by atoms with E-state index in [2.05, 4.69) is 0 Å². The van der Waals surface area contributed by atoms with Gasteiger partial charge in [-0.2, -0.15) is 0 Å². The lowest BCUT2D eigenvalue weighted by atomic mass is 9.52. The number of anilines is 1. The lowest BCUT2D eigenvalue weighted by molar-refractivity contribution is -0.383. The molecule has 0 radical (unpaired) electrons. The summed E-state index contributed by atoms with van der Waals surface area (Å²) in [5.74, 6) is 1.55. The fourth-order valence-corrected chi connectivity index (χ4v) is 6.59. The normalized spacial score (nSPS) is 27.3. The quantitative estimate of drug-likeness (QED) is 0.291. The van der Waals surface area contributed by atoms with Gasteiger partial charge in [-0.05, 0) is 80.5 Å². The fourth-order valence-electron chi connectivity index (χ4n) is 6.59. The van der Waals surface area contributed by atoms with Gasteiger partial charge < -0.3 is 19.8 Å². The number of nitrogen functional groups attached to an aromatic ring is 1. The van der Waals surface area contributed by atoms with Crippen LogP contribution >= 0.6 is 0 Å². The monoisotopic (exact) mass is 453 g/mol. The number of hydrogen-bond acceptors (Lipinski definition) is 7. The van der Waals surface area contributed by atoms with Gasteiger partial charge in [0.15, 0.2) is 6.61 Å². The molecule has 1 amide bonds. The first-order chi connectivity index (χ1) is 15.8. The van der Waals surface area contributed by atoms with Crippen LogP contribution in [0.15, 0.2) is 41.0 Å². The highest BCUT2D eigenvalue weighted by molar-refractivity contribution is 5.93. The summed E-state index contributed by atoms with van der Waals surface area (Å²) in [5, 5.41) is 11.1. The van der Waals surface area contributed by atoms with Gasteiger partial charge in [-0.25, -0.2) is 4.79 Å². The first-order valence-electron chi connectivity index (χ1n) is 11.4. The van der Waals surface area contributed by atoms with Crippen LogP contribution in [-0.2, 0) is 16.1 Å². The van der Waals surface area contributed by atoms with E-state index in [0.29, 0.717) is 30.1 Å². The van der Waals surface area contributed by atoms with Crippen LogP contribution in [0.1, 0.15) is 54.6 Å². The molecule has 1 heterocycles. The van der Waals surface area contributed by atoms with Crippen molar-refractivity contribution < 1.29 is 23.7 Å². The summed E-state index contributed by atoms with van der Waals surface area (Å²) in [5.41, 5.74) is 4.93. The molecular weight excluding hydrogens is 426 g/mol.